The lowest BCUT2D eigenvalue weighted by Gasteiger charge is -2.29. The highest BCUT2D eigenvalue weighted by Crippen LogP contribution is 2.28. The van der Waals surface area contributed by atoms with Crippen LogP contribution in [0.4, 0.5) is 17.1 Å². The molecule has 1 fully saturated rings. The zero-order chi connectivity index (χ0) is 24.1. The number of nitrogens with one attached hydrogen (secondary N) is 1. The standard InChI is InChI=1S/C26H29N3O4S/c1-20-8-9-21(2)25(18-20)29(34(31,32)24-6-4-3-5-7-24)19-26(30)27-22-10-12-23(13-11-22)28-14-16-33-17-15-28/h3-13,18H,14-17,19H2,1-2H3,(H,27,30). The number of ether oxygens (including phenoxy) is 1. The maximum atomic E-state index is 13.5. The van der Waals surface area contributed by atoms with Gasteiger partial charge >= 0.3 is 0 Å². The third-order valence-electron chi connectivity index (χ3n) is 5.78. The quantitative estimate of drug-likeness (QED) is 0.555. The lowest BCUT2D eigenvalue weighted by molar-refractivity contribution is -0.114. The molecule has 0 saturated carbocycles. The Kier molecular flexibility index (Phi) is 7.19. The Morgan fingerprint density at radius 3 is 2.32 bits per heavy atom. The highest BCUT2D eigenvalue weighted by Gasteiger charge is 2.28. The Morgan fingerprint density at radius 1 is 0.971 bits per heavy atom. The number of hydrogen-bond acceptors (Lipinski definition) is 5. The summed E-state index contributed by atoms with van der Waals surface area (Å²) >= 11 is 0. The van der Waals surface area contributed by atoms with Gasteiger partial charge in [0.15, 0.2) is 0 Å². The number of aryl methyl sites for hydroxylation is 2. The summed E-state index contributed by atoms with van der Waals surface area (Å²) in [6.45, 7) is 6.44. The number of benzene rings is 3. The number of amides is 1. The van der Waals surface area contributed by atoms with Gasteiger partial charge in [0.1, 0.15) is 6.54 Å². The molecule has 0 unspecified atom stereocenters. The third-order valence-corrected chi connectivity index (χ3v) is 7.55. The number of morpholine rings is 1. The summed E-state index contributed by atoms with van der Waals surface area (Å²) in [5.41, 5.74) is 3.84. The molecule has 0 radical (unpaired) electrons. The number of carbonyl (C=O) groups is 1. The normalized spacial score (nSPS) is 14.0. The molecule has 1 saturated heterocycles. The number of anilines is 3. The van der Waals surface area contributed by atoms with E-state index in [0.29, 0.717) is 24.6 Å². The molecule has 0 aliphatic carbocycles. The summed E-state index contributed by atoms with van der Waals surface area (Å²) in [5.74, 6) is -0.417. The summed E-state index contributed by atoms with van der Waals surface area (Å²) in [6.07, 6.45) is 0. The van der Waals surface area contributed by atoms with E-state index in [1.165, 1.54) is 16.4 Å². The van der Waals surface area contributed by atoms with Crippen LogP contribution >= 0.6 is 0 Å². The third kappa shape index (κ3) is 5.40. The van der Waals surface area contributed by atoms with Crippen molar-refractivity contribution in [2.45, 2.75) is 18.7 Å². The molecule has 34 heavy (non-hydrogen) atoms. The molecule has 8 heteroatoms. The number of rotatable bonds is 7. The van der Waals surface area contributed by atoms with Gasteiger partial charge in [-0.15, -0.1) is 0 Å². The molecule has 0 spiro atoms. The van der Waals surface area contributed by atoms with Crippen LogP contribution in [0.2, 0.25) is 0 Å². The number of nitrogens with zero attached hydrogens (tertiary/aromatic N) is 2. The second-order valence-electron chi connectivity index (χ2n) is 8.31. The second-order valence-corrected chi connectivity index (χ2v) is 10.2. The number of hydrogen-bond donors (Lipinski definition) is 1. The van der Waals surface area contributed by atoms with Gasteiger partial charge in [0.05, 0.1) is 23.8 Å². The molecule has 178 valence electrons. The summed E-state index contributed by atoms with van der Waals surface area (Å²) in [5, 5.41) is 2.84. The Morgan fingerprint density at radius 2 is 1.65 bits per heavy atom. The summed E-state index contributed by atoms with van der Waals surface area (Å²) < 4.78 is 33.6. The van der Waals surface area contributed by atoms with Crippen LogP contribution < -0.4 is 14.5 Å². The highest BCUT2D eigenvalue weighted by molar-refractivity contribution is 7.92. The summed E-state index contributed by atoms with van der Waals surface area (Å²) in [7, 11) is -3.95. The molecule has 0 bridgehead atoms. The lowest BCUT2D eigenvalue weighted by Crippen LogP contribution is -2.38. The van der Waals surface area contributed by atoms with Gasteiger partial charge in [-0.05, 0) is 67.4 Å². The summed E-state index contributed by atoms with van der Waals surface area (Å²) in [6, 6.07) is 21.3. The van der Waals surface area contributed by atoms with Gasteiger partial charge in [-0.2, -0.15) is 0 Å². The van der Waals surface area contributed by atoms with Crippen LogP contribution in [0.15, 0.2) is 77.7 Å². The van der Waals surface area contributed by atoms with Gasteiger partial charge in [0.2, 0.25) is 5.91 Å². The first-order chi connectivity index (χ1) is 16.3. The second kappa shape index (κ2) is 10.3. The van der Waals surface area contributed by atoms with E-state index in [1.54, 1.807) is 24.3 Å². The van der Waals surface area contributed by atoms with Crippen LogP contribution in [-0.2, 0) is 19.6 Å². The van der Waals surface area contributed by atoms with Crippen molar-refractivity contribution >= 4 is 33.0 Å². The zero-order valence-electron chi connectivity index (χ0n) is 19.4. The molecule has 3 aromatic rings. The maximum Gasteiger partial charge on any atom is 0.264 e. The van der Waals surface area contributed by atoms with Crippen molar-refractivity contribution < 1.29 is 17.9 Å². The molecule has 1 aliphatic heterocycles. The van der Waals surface area contributed by atoms with Crippen LogP contribution in [0.5, 0.6) is 0 Å². The van der Waals surface area contributed by atoms with Crippen LogP contribution in [0, 0.1) is 13.8 Å². The summed E-state index contributed by atoms with van der Waals surface area (Å²) in [4.78, 5) is 15.4. The van der Waals surface area contributed by atoms with Crippen molar-refractivity contribution in [1.29, 1.82) is 0 Å². The fourth-order valence-electron chi connectivity index (χ4n) is 3.92. The van der Waals surface area contributed by atoms with E-state index in [4.69, 9.17) is 4.74 Å². The van der Waals surface area contributed by atoms with E-state index >= 15 is 0 Å². The van der Waals surface area contributed by atoms with E-state index in [0.717, 1.165) is 29.9 Å². The van der Waals surface area contributed by atoms with Gasteiger partial charge < -0.3 is 15.0 Å². The molecular formula is C26H29N3O4S. The fraction of sp³-hybridized carbons (Fsp3) is 0.269. The predicted octanol–water partition coefficient (Wildman–Crippen LogP) is 3.97. The van der Waals surface area contributed by atoms with E-state index < -0.39 is 15.9 Å². The van der Waals surface area contributed by atoms with Crippen molar-refractivity contribution in [3.63, 3.8) is 0 Å². The number of sulfonamides is 1. The minimum absolute atomic E-state index is 0.138. The van der Waals surface area contributed by atoms with E-state index in [9.17, 15) is 13.2 Å². The Hall–Kier alpha value is -3.36. The Bertz CT molecular complexity index is 1240. The minimum Gasteiger partial charge on any atom is -0.378 e. The van der Waals surface area contributed by atoms with Gasteiger partial charge in [-0.3, -0.25) is 9.10 Å². The van der Waals surface area contributed by atoms with E-state index in [-0.39, 0.29) is 11.4 Å². The monoisotopic (exact) mass is 479 g/mol. The molecule has 4 rings (SSSR count). The first-order valence-corrected chi connectivity index (χ1v) is 12.7. The van der Waals surface area contributed by atoms with Crippen molar-refractivity contribution in [3.8, 4) is 0 Å². The van der Waals surface area contributed by atoms with E-state index in [2.05, 4.69) is 10.2 Å². The molecular weight excluding hydrogens is 450 g/mol. The molecule has 1 amide bonds. The molecule has 1 heterocycles. The first kappa shape index (κ1) is 23.8. The molecule has 0 atom stereocenters. The van der Waals surface area contributed by atoms with Crippen LogP contribution in [0.1, 0.15) is 11.1 Å². The minimum atomic E-state index is -3.95. The number of carbonyl (C=O) groups excluding carboxylic acids is 1. The van der Waals surface area contributed by atoms with E-state index in [1.807, 2.05) is 50.2 Å². The van der Waals surface area contributed by atoms with Crippen molar-refractivity contribution in [1.82, 2.24) is 0 Å². The maximum absolute atomic E-state index is 13.5. The van der Waals surface area contributed by atoms with Gasteiger partial charge in [0.25, 0.3) is 10.0 Å². The fourth-order valence-corrected chi connectivity index (χ4v) is 5.41. The first-order valence-electron chi connectivity index (χ1n) is 11.2. The van der Waals surface area contributed by atoms with Crippen molar-refractivity contribution in [2.75, 3.05) is 47.4 Å². The van der Waals surface area contributed by atoms with Crippen molar-refractivity contribution in [2.24, 2.45) is 0 Å². The average Bonchev–Trinajstić information content (AvgIpc) is 2.85. The Balaban J connectivity index is 1.56. The predicted molar refractivity (Wildman–Crippen MR) is 135 cm³/mol. The van der Waals surface area contributed by atoms with Gasteiger partial charge in [-0.1, -0.05) is 30.3 Å². The SMILES string of the molecule is Cc1ccc(C)c(N(CC(=O)Nc2ccc(N3CCOCC3)cc2)S(=O)(=O)c2ccccc2)c1. The lowest BCUT2D eigenvalue weighted by atomic mass is 10.1. The van der Waals surface area contributed by atoms with Crippen LogP contribution in [-0.4, -0.2) is 47.2 Å². The highest BCUT2D eigenvalue weighted by atomic mass is 32.2. The molecule has 0 aromatic heterocycles. The van der Waals surface area contributed by atoms with Crippen LogP contribution in [0.25, 0.3) is 0 Å². The van der Waals surface area contributed by atoms with Gasteiger partial charge in [0, 0.05) is 24.5 Å². The van der Waals surface area contributed by atoms with Crippen LogP contribution in [0.3, 0.4) is 0 Å². The average molecular weight is 480 g/mol. The smallest absolute Gasteiger partial charge is 0.264 e. The van der Waals surface area contributed by atoms with Gasteiger partial charge in [-0.25, -0.2) is 8.42 Å². The zero-order valence-corrected chi connectivity index (χ0v) is 20.2. The topological polar surface area (TPSA) is 79.0 Å². The van der Waals surface area contributed by atoms with Crippen molar-refractivity contribution in [3.05, 3.63) is 83.9 Å². The molecule has 1 N–H and O–H groups in total. The molecule has 3 aromatic carbocycles. The molecule has 1 aliphatic rings. The molecule has 7 nitrogen and oxygen atoms in total. The Labute approximate surface area is 201 Å². The largest absolute Gasteiger partial charge is 0.378 e.